The first kappa shape index (κ1) is 13.4. The van der Waals surface area contributed by atoms with Crippen LogP contribution >= 0.6 is 23.7 Å². The lowest BCUT2D eigenvalue weighted by Crippen LogP contribution is -2.21. The van der Waals surface area contributed by atoms with Crippen molar-refractivity contribution < 1.29 is 0 Å². The Labute approximate surface area is 109 Å². The van der Waals surface area contributed by atoms with Gasteiger partial charge in [-0.2, -0.15) is 4.99 Å². The number of rotatable bonds is 2. The molecule has 0 aliphatic rings. The highest BCUT2D eigenvalue weighted by molar-refractivity contribution is 7.18. The van der Waals surface area contributed by atoms with Crippen molar-refractivity contribution in [3.63, 3.8) is 0 Å². The largest absolute Gasteiger partial charge is 0.370 e. The summed E-state index contributed by atoms with van der Waals surface area (Å²) >= 11 is 1.36. The molecule has 0 saturated heterocycles. The monoisotopic (exact) mass is 269 g/mol. The van der Waals surface area contributed by atoms with Crippen LogP contribution in [0.25, 0.3) is 10.6 Å². The van der Waals surface area contributed by atoms with E-state index in [1.165, 1.54) is 11.3 Å². The molecule has 2 aromatic rings. The maximum atomic E-state index is 5.27. The van der Waals surface area contributed by atoms with Crippen molar-refractivity contribution in [1.82, 2.24) is 10.2 Å². The topological polar surface area (TPSA) is 90.2 Å². The fraction of sp³-hybridized carbons (Fsp3) is 0.100. The third-order valence-corrected chi connectivity index (χ3v) is 2.86. The van der Waals surface area contributed by atoms with E-state index in [0.29, 0.717) is 5.13 Å². The average molecular weight is 270 g/mol. The van der Waals surface area contributed by atoms with Crippen LogP contribution in [0.2, 0.25) is 0 Å². The zero-order valence-electron chi connectivity index (χ0n) is 9.12. The molecule has 2 rings (SSSR count). The number of guanidine groups is 1. The summed E-state index contributed by atoms with van der Waals surface area (Å²) in [5, 5.41) is 9.23. The SMILES string of the molecule is Cc1ccccc1-c1nnc(N=C(N)N)s1.Cl. The van der Waals surface area contributed by atoms with Crippen molar-refractivity contribution in [1.29, 1.82) is 0 Å². The second-order valence-corrected chi connectivity index (χ2v) is 4.20. The molecule has 0 unspecified atom stereocenters. The fourth-order valence-electron chi connectivity index (χ4n) is 1.29. The van der Waals surface area contributed by atoms with Crippen molar-refractivity contribution in [3.05, 3.63) is 29.8 Å². The second-order valence-electron chi connectivity index (χ2n) is 3.24. The molecule has 1 aromatic carbocycles. The molecule has 0 amide bonds. The summed E-state index contributed by atoms with van der Waals surface area (Å²) < 4.78 is 0. The minimum atomic E-state index is -0.00696. The smallest absolute Gasteiger partial charge is 0.235 e. The fourth-order valence-corrected chi connectivity index (χ4v) is 2.12. The lowest BCUT2D eigenvalue weighted by Gasteiger charge is -1.98. The Morgan fingerprint density at radius 2 is 1.94 bits per heavy atom. The van der Waals surface area contributed by atoms with E-state index in [1.54, 1.807) is 0 Å². The molecule has 0 radical (unpaired) electrons. The number of nitrogens with zero attached hydrogens (tertiary/aromatic N) is 3. The highest BCUT2D eigenvalue weighted by Gasteiger charge is 2.07. The maximum absolute atomic E-state index is 5.27. The van der Waals surface area contributed by atoms with Crippen LogP contribution in [0.4, 0.5) is 5.13 Å². The summed E-state index contributed by atoms with van der Waals surface area (Å²) in [5.41, 5.74) is 12.7. The van der Waals surface area contributed by atoms with E-state index in [4.69, 9.17) is 11.5 Å². The Bertz CT molecular complexity index is 533. The molecule has 90 valence electrons. The molecule has 7 heteroatoms. The quantitative estimate of drug-likeness (QED) is 0.643. The summed E-state index contributed by atoms with van der Waals surface area (Å²) in [6.45, 7) is 2.02. The van der Waals surface area contributed by atoms with Crippen LogP contribution in [0.15, 0.2) is 29.3 Å². The summed E-state index contributed by atoms with van der Waals surface area (Å²) in [6, 6.07) is 7.97. The Kier molecular flexibility index (Phi) is 4.42. The lowest BCUT2D eigenvalue weighted by atomic mass is 10.1. The van der Waals surface area contributed by atoms with Gasteiger partial charge in [-0.1, -0.05) is 35.6 Å². The zero-order valence-corrected chi connectivity index (χ0v) is 10.8. The van der Waals surface area contributed by atoms with Crippen LogP contribution in [-0.2, 0) is 0 Å². The maximum Gasteiger partial charge on any atom is 0.235 e. The van der Waals surface area contributed by atoms with Gasteiger partial charge >= 0.3 is 0 Å². The summed E-state index contributed by atoms with van der Waals surface area (Å²) in [4.78, 5) is 3.85. The van der Waals surface area contributed by atoms with Crippen molar-refractivity contribution in [2.45, 2.75) is 6.92 Å². The minimum absolute atomic E-state index is 0. The Balaban J connectivity index is 0.00000144. The normalized spacial score (nSPS) is 9.47. The third-order valence-electron chi connectivity index (χ3n) is 2.01. The molecule has 4 N–H and O–H groups in total. The van der Waals surface area contributed by atoms with Gasteiger partial charge < -0.3 is 11.5 Å². The molecule has 1 heterocycles. The van der Waals surface area contributed by atoms with Crippen molar-refractivity contribution in [2.75, 3.05) is 0 Å². The number of aryl methyl sites for hydroxylation is 1. The lowest BCUT2D eigenvalue weighted by molar-refractivity contribution is 1.08. The van der Waals surface area contributed by atoms with Crippen molar-refractivity contribution >= 4 is 34.8 Å². The number of hydrogen-bond donors (Lipinski definition) is 2. The summed E-state index contributed by atoms with van der Waals surface area (Å²) in [5.74, 6) is -0.00696. The first-order chi connectivity index (χ1) is 7.66. The van der Waals surface area contributed by atoms with Gasteiger partial charge in [0, 0.05) is 5.56 Å². The molecule has 0 aliphatic carbocycles. The Morgan fingerprint density at radius 3 is 2.59 bits per heavy atom. The number of aliphatic imine (C=N–C) groups is 1. The summed E-state index contributed by atoms with van der Waals surface area (Å²) in [7, 11) is 0. The highest BCUT2D eigenvalue weighted by Crippen LogP contribution is 2.29. The molecular formula is C10H12ClN5S. The van der Waals surface area contributed by atoms with Crippen molar-refractivity contribution in [2.24, 2.45) is 16.5 Å². The molecular weight excluding hydrogens is 258 g/mol. The van der Waals surface area contributed by atoms with Gasteiger partial charge in [-0.05, 0) is 12.5 Å². The Hall–Kier alpha value is -1.66. The van der Waals surface area contributed by atoms with E-state index >= 15 is 0 Å². The van der Waals surface area contributed by atoms with Gasteiger partial charge in [-0.25, -0.2) is 0 Å². The first-order valence-corrected chi connectivity index (χ1v) is 5.47. The van der Waals surface area contributed by atoms with Crippen LogP contribution in [0, 0.1) is 6.92 Å². The van der Waals surface area contributed by atoms with Crippen LogP contribution in [0.1, 0.15) is 5.56 Å². The van der Waals surface area contributed by atoms with Gasteiger partial charge in [0.15, 0.2) is 5.96 Å². The molecule has 1 aromatic heterocycles. The molecule has 17 heavy (non-hydrogen) atoms. The molecule has 0 atom stereocenters. The van der Waals surface area contributed by atoms with Crippen LogP contribution in [-0.4, -0.2) is 16.2 Å². The predicted molar refractivity (Wildman–Crippen MR) is 72.8 cm³/mol. The van der Waals surface area contributed by atoms with E-state index in [-0.39, 0.29) is 18.4 Å². The van der Waals surface area contributed by atoms with Gasteiger partial charge in [-0.3, -0.25) is 0 Å². The number of benzene rings is 1. The van der Waals surface area contributed by atoms with E-state index in [1.807, 2.05) is 31.2 Å². The molecule has 0 aliphatic heterocycles. The van der Waals surface area contributed by atoms with E-state index in [9.17, 15) is 0 Å². The Morgan fingerprint density at radius 1 is 1.24 bits per heavy atom. The molecule has 0 saturated carbocycles. The van der Waals surface area contributed by atoms with E-state index < -0.39 is 0 Å². The molecule has 0 bridgehead atoms. The minimum Gasteiger partial charge on any atom is -0.370 e. The first-order valence-electron chi connectivity index (χ1n) is 4.66. The van der Waals surface area contributed by atoms with E-state index in [0.717, 1.165) is 16.1 Å². The van der Waals surface area contributed by atoms with Gasteiger partial charge in [0.05, 0.1) is 0 Å². The highest BCUT2D eigenvalue weighted by atomic mass is 35.5. The van der Waals surface area contributed by atoms with Crippen LogP contribution in [0.5, 0.6) is 0 Å². The summed E-state index contributed by atoms with van der Waals surface area (Å²) in [6.07, 6.45) is 0. The van der Waals surface area contributed by atoms with Crippen LogP contribution < -0.4 is 11.5 Å². The zero-order chi connectivity index (χ0) is 11.5. The van der Waals surface area contributed by atoms with Crippen molar-refractivity contribution in [3.8, 4) is 10.6 Å². The second kappa shape index (κ2) is 5.60. The number of nitrogens with two attached hydrogens (primary N) is 2. The van der Waals surface area contributed by atoms with Gasteiger partial charge in [0.25, 0.3) is 0 Å². The molecule has 0 spiro atoms. The van der Waals surface area contributed by atoms with Crippen LogP contribution in [0.3, 0.4) is 0 Å². The number of hydrogen-bond acceptors (Lipinski definition) is 4. The third kappa shape index (κ3) is 3.15. The number of halogens is 1. The van der Waals surface area contributed by atoms with Gasteiger partial charge in [0.1, 0.15) is 5.01 Å². The molecule has 5 nitrogen and oxygen atoms in total. The van der Waals surface area contributed by atoms with Gasteiger partial charge in [0.2, 0.25) is 5.13 Å². The standard InChI is InChI=1S/C10H11N5S.ClH/c1-6-4-2-3-5-7(6)8-14-15-10(16-8)13-9(11)12;/h2-5H,1H3,(H4,11,12,13,15);1H. The van der Waals surface area contributed by atoms with E-state index in [2.05, 4.69) is 15.2 Å². The average Bonchev–Trinajstić information content (AvgIpc) is 2.66. The number of aromatic nitrogens is 2. The van der Waals surface area contributed by atoms with Gasteiger partial charge in [-0.15, -0.1) is 22.6 Å². The molecule has 0 fully saturated rings. The predicted octanol–water partition coefficient (Wildman–Crippen LogP) is 1.84.